The number of likely N-dealkylation sites (tertiary alicyclic amines) is 1. The highest BCUT2D eigenvalue weighted by atomic mass is 15.2. The molecule has 1 heterocycles. The Kier molecular flexibility index (Phi) is 3.98. The van der Waals surface area contributed by atoms with Crippen LogP contribution in [0.5, 0.6) is 0 Å². The van der Waals surface area contributed by atoms with Crippen molar-refractivity contribution in [2.75, 3.05) is 46.8 Å². The molecule has 0 radical (unpaired) electrons. The Hall–Kier alpha value is -0.120. The van der Waals surface area contributed by atoms with Crippen LogP contribution < -0.4 is 5.73 Å². The first-order valence-corrected chi connectivity index (χ1v) is 4.79. The van der Waals surface area contributed by atoms with E-state index in [2.05, 4.69) is 23.9 Å². The summed E-state index contributed by atoms with van der Waals surface area (Å²) in [4.78, 5) is 4.74. The zero-order valence-electron chi connectivity index (χ0n) is 8.29. The Morgan fingerprint density at radius 1 is 1.50 bits per heavy atom. The second-order valence-corrected chi connectivity index (χ2v) is 3.99. The normalized spacial score (nSPS) is 25.5. The van der Waals surface area contributed by atoms with Crippen LogP contribution in [0.15, 0.2) is 0 Å². The molecule has 2 N–H and O–H groups in total. The Balaban J connectivity index is 2.11. The molecule has 0 bridgehead atoms. The molecule has 12 heavy (non-hydrogen) atoms. The zero-order chi connectivity index (χ0) is 8.97. The van der Waals surface area contributed by atoms with Crippen LogP contribution in [-0.2, 0) is 0 Å². The van der Waals surface area contributed by atoms with Crippen molar-refractivity contribution >= 4 is 0 Å². The molecule has 0 amide bonds. The maximum absolute atomic E-state index is 5.61. The molecule has 0 spiro atoms. The summed E-state index contributed by atoms with van der Waals surface area (Å²) in [5, 5.41) is 0. The smallest absolute Gasteiger partial charge is 0.0109 e. The van der Waals surface area contributed by atoms with Crippen LogP contribution in [0.1, 0.15) is 6.42 Å². The van der Waals surface area contributed by atoms with E-state index in [1.807, 2.05) is 0 Å². The van der Waals surface area contributed by atoms with Crippen LogP contribution in [0, 0.1) is 5.92 Å². The summed E-state index contributed by atoms with van der Waals surface area (Å²) < 4.78 is 0. The molecule has 1 aliphatic heterocycles. The van der Waals surface area contributed by atoms with Crippen LogP contribution >= 0.6 is 0 Å². The fourth-order valence-corrected chi connectivity index (χ4v) is 1.65. The number of nitrogens with two attached hydrogens (primary N) is 1. The molecule has 3 heteroatoms. The number of rotatable bonds is 4. The maximum Gasteiger partial charge on any atom is 0.0109 e. The lowest BCUT2D eigenvalue weighted by molar-refractivity contribution is 0.276. The van der Waals surface area contributed by atoms with Crippen LogP contribution in [0.3, 0.4) is 0 Å². The van der Waals surface area contributed by atoms with Gasteiger partial charge in [-0.25, -0.2) is 0 Å². The van der Waals surface area contributed by atoms with Gasteiger partial charge in [-0.05, 0) is 39.5 Å². The van der Waals surface area contributed by atoms with Gasteiger partial charge in [0, 0.05) is 19.6 Å². The van der Waals surface area contributed by atoms with Crippen LogP contribution in [0.2, 0.25) is 0 Å². The van der Waals surface area contributed by atoms with E-state index in [0.717, 1.165) is 19.0 Å². The van der Waals surface area contributed by atoms with E-state index in [-0.39, 0.29) is 0 Å². The van der Waals surface area contributed by atoms with Crippen molar-refractivity contribution in [3.8, 4) is 0 Å². The fraction of sp³-hybridized carbons (Fsp3) is 1.00. The molecule has 1 aliphatic rings. The van der Waals surface area contributed by atoms with Crippen molar-refractivity contribution in [3.05, 3.63) is 0 Å². The van der Waals surface area contributed by atoms with Crippen molar-refractivity contribution in [1.82, 2.24) is 9.80 Å². The van der Waals surface area contributed by atoms with Gasteiger partial charge in [0.15, 0.2) is 0 Å². The number of hydrogen-bond donors (Lipinski definition) is 1. The quantitative estimate of drug-likeness (QED) is 0.637. The summed E-state index contributed by atoms with van der Waals surface area (Å²) in [6.07, 6.45) is 1.30. The van der Waals surface area contributed by atoms with Gasteiger partial charge in [-0.2, -0.15) is 0 Å². The first-order valence-electron chi connectivity index (χ1n) is 4.79. The van der Waals surface area contributed by atoms with Crippen molar-refractivity contribution in [2.45, 2.75) is 6.42 Å². The van der Waals surface area contributed by atoms with Gasteiger partial charge in [0.1, 0.15) is 0 Å². The minimum absolute atomic E-state index is 0.757. The van der Waals surface area contributed by atoms with Crippen LogP contribution in [-0.4, -0.2) is 56.6 Å². The summed E-state index contributed by atoms with van der Waals surface area (Å²) in [6, 6.07) is 0. The summed E-state index contributed by atoms with van der Waals surface area (Å²) in [5.74, 6) is 0.757. The van der Waals surface area contributed by atoms with E-state index in [9.17, 15) is 0 Å². The van der Waals surface area contributed by atoms with E-state index in [4.69, 9.17) is 5.73 Å². The molecule has 3 nitrogen and oxygen atoms in total. The molecule has 0 aromatic rings. The van der Waals surface area contributed by atoms with E-state index in [0.29, 0.717) is 0 Å². The zero-order valence-corrected chi connectivity index (χ0v) is 8.29. The lowest BCUT2D eigenvalue weighted by Crippen LogP contribution is -2.30. The molecular formula is C9H21N3. The number of hydrogen-bond acceptors (Lipinski definition) is 3. The highest BCUT2D eigenvalue weighted by Crippen LogP contribution is 2.13. The summed E-state index contributed by atoms with van der Waals surface area (Å²) in [5.41, 5.74) is 5.61. The largest absolute Gasteiger partial charge is 0.330 e. The van der Waals surface area contributed by atoms with Crippen molar-refractivity contribution in [1.29, 1.82) is 0 Å². The molecule has 1 atom stereocenters. The molecule has 0 unspecified atom stereocenters. The van der Waals surface area contributed by atoms with Gasteiger partial charge in [-0.3, -0.25) is 0 Å². The average Bonchev–Trinajstić information content (AvgIpc) is 2.48. The van der Waals surface area contributed by atoms with Gasteiger partial charge in [-0.1, -0.05) is 0 Å². The Labute approximate surface area is 75.5 Å². The second kappa shape index (κ2) is 4.80. The SMILES string of the molecule is CN(C)CCN1CC[C@@H](CN)C1. The van der Waals surface area contributed by atoms with Crippen molar-refractivity contribution in [2.24, 2.45) is 11.7 Å². The highest BCUT2D eigenvalue weighted by Gasteiger charge is 2.20. The predicted octanol–water partition coefficient (Wildman–Crippen LogP) is -0.171. The minimum Gasteiger partial charge on any atom is -0.330 e. The molecule has 72 valence electrons. The molecule has 0 aromatic heterocycles. The summed E-state index contributed by atoms with van der Waals surface area (Å²) >= 11 is 0. The minimum atomic E-state index is 0.757. The summed E-state index contributed by atoms with van der Waals surface area (Å²) in [7, 11) is 4.24. The summed E-state index contributed by atoms with van der Waals surface area (Å²) in [6.45, 7) is 5.68. The standard InChI is InChI=1S/C9H21N3/c1-11(2)5-6-12-4-3-9(7-10)8-12/h9H,3-8,10H2,1-2H3/t9-/m0/s1. The Bertz CT molecular complexity index is 125. The van der Waals surface area contributed by atoms with Crippen LogP contribution in [0.4, 0.5) is 0 Å². The van der Waals surface area contributed by atoms with E-state index < -0.39 is 0 Å². The maximum atomic E-state index is 5.61. The third-order valence-electron chi connectivity index (χ3n) is 2.57. The number of likely N-dealkylation sites (N-methyl/N-ethyl adjacent to an activating group) is 1. The van der Waals surface area contributed by atoms with E-state index in [1.54, 1.807) is 0 Å². The second-order valence-electron chi connectivity index (χ2n) is 3.99. The third-order valence-corrected chi connectivity index (χ3v) is 2.57. The molecular weight excluding hydrogens is 150 g/mol. The van der Waals surface area contributed by atoms with Gasteiger partial charge in [0.25, 0.3) is 0 Å². The molecule has 0 saturated carbocycles. The lowest BCUT2D eigenvalue weighted by Gasteiger charge is -2.18. The Morgan fingerprint density at radius 3 is 2.75 bits per heavy atom. The number of nitrogens with zero attached hydrogens (tertiary/aromatic N) is 2. The Morgan fingerprint density at radius 2 is 2.25 bits per heavy atom. The average molecular weight is 171 g/mol. The van der Waals surface area contributed by atoms with Gasteiger partial charge < -0.3 is 15.5 Å². The van der Waals surface area contributed by atoms with E-state index in [1.165, 1.54) is 26.1 Å². The molecule has 0 aliphatic carbocycles. The lowest BCUT2D eigenvalue weighted by atomic mass is 10.1. The monoisotopic (exact) mass is 171 g/mol. The van der Waals surface area contributed by atoms with Crippen molar-refractivity contribution < 1.29 is 0 Å². The van der Waals surface area contributed by atoms with Gasteiger partial charge >= 0.3 is 0 Å². The fourth-order valence-electron chi connectivity index (χ4n) is 1.65. The van der Waals surface area contributed by atoms with Crippen LogP contribution in [0.25, 0.3) is 0 Å². The van der Waals surface area contributed by atoms with Gasteiger partial charge in [0.05, 0.1) is 0 Å². The molecule has 1 rings (SSSR count). The highest BCUT2D eigenvalue weighted by molar-refractivity contribution is 4.76. The molecule has 1 saturated heterocycles. The van der Waals surface area contributed by atoms with Gasteiger partial charge in [-0.15, -0.1) is 0 Å². The topological polar surface area (TPSA) is 32.5 Å². The predicted molar refractivity (Wildman–Crippen MR) is 52.2 cm³/mol. The molecule has 0 aromatic carbocycles. The molecule has 1 fully saturated rings. The first kappa shape index (κ1) is 9.96. The van der Waals surface area contributed by atoms with E-state index >= 15 is 0 Å². The van der Waals surface area contributed by atoms with Gasteiger partial charge in [0.2, 0.25) is 0 Å². The first-order chi connectivity index (χ1) is 5.72. The third kappa shape index (κ3) is 3.09. The van der Waals surface area contributed by atoms with Crippen molar-refractivity contribution in [3.63, 3.8) is 0 Å².